The van der Waals surface area contributed by atoms with Gasteiger partial charge in [-0.25, -0.2) is 14.4 Å². The molecule has 0 aliphatic carbocycles. The number of nitrogens with one attached hydrogen (secondary N) is 1. The minimum Gasteiger partial charge on any atom is -0.342 e. The molecule has 0 saturated carbocycles. The summed E-state index contributed by atoms with van der Waals surface area (Å²) in [5.41, 5.74) is 2.20. The number of carbonyl (C=O) groups excluding carboxylic acids is 1. The van der Waals surface area contributed by atoms with E-state index in [4.69, 9.17) is 0 Å². The lowest BCUT2D eigenvalue weighted by Gasteiger charge is -2.19. The molecule has 3 heterocycles. The van der Waals surface area contributed by atoms with Crippen molar-refractivity contribution >= 4 is 17.2 Å². The fraction of sp³-hybridized carbons (Fsp3) is 0.143. The molecule has 146 valence electrons. The molecule has 0 aliphatic rings. The second-order valence-corrected chi connectivity index (χ2v) is 7.34. The summed E-state index contributed by atoms with van der Waals surface area (Å²) in [7, 11) is 1.85. The first-order valence-corrected chi connectivity index (χ1v) is 9.86. The van der Waals surface area contributed by atoms with Gasteiger partial charge in [0.2, 0.25) is 5.91 Å². The van der Waals surface area contributed by atoms with Gasteiger partial charge < -0.3 is 9.88 Å². The maximum absolute atomic E-state index is 13.3. The molecule has 1 aromatic carbocycles. The Morgan fingerprint density at radius 2 is 2.00 bits per heavy atom. The van der Waals surface area contributed by atoms with Crippen molar-refractivity contribution in [3.63, 3.8) is 0 Å². The molecule has 0 spiro atoms. The number of nitrogens with zero attached hydrogens (tertiary/aromatic N) is 4. The Hall–Kier alpha value is -3.39. The van der Waals surface area contributed by atoms with E-state index in [1.807, 2.05) is 35.2 Å². The van der Waals surface area contributed by atoms with E-state index in [1.165, 1.54) is 23.5 Å². The fourth-order valence-corrected chi connectivity index (χ4v) is 3.77. The Labute approximate surface area is 171 Å². The molecule has 0 fully saturated rings. The predicted octanol–water partition coefficient (Wildman–Crippen LogP) is 3.53. The zero-order chi connectivity index (χ0) is 20.2. The lowest BCUT2D eigenvalue weighted by Crippen LogP contribution is -2.32. The number of thiazole rings is 1. The van der Waals surface area contributed by atoms with Gasteiger partial charge in [0.15, 0.2) is 0 Å². The van der Waals surface area contributed by atoms with Gasteiger partial charge in [0, 0.05) is 31.0 Å². The van der Waals surface area contributed by atoms with Gasteiger partial charge in [-0.3, -0.25) is 9.78 Å². The van der Waals surface area contributed by atoms with Crippen LogP contribution in [0.15, 0.2) is 66.4 Å². The molecule has 0 aliphatic heterocycles. The number of halogens is 1. The van der Waals surface area contributed by atoms with Gasteiger partial charge >= 0.3 is 0 Å². The van der Waals surface area contributed by atoms with Gasteiger partial charge in [-0.2, -0.15) is 0 Å². The first kappa shape index (κ1) is 18.9. The number of hydrogen-bond donors (Lipinski definition) is 1. The summed E-state index contributed by atoms with van der Waals surface area (Å²) in [6, 6.07) is 11.2. The van der Waals surface area contributed by atoms with E-state index < -0.39 is 6.04 Å². The van der Waals surface area contributed by atoms with Crippen LogP contribution in [0.25, 0.3) is 10.7 Å². The van der Waals surface area contributed by atoms with Gasteiger partial charge in [0.05, 0.1) is 17.8 Å². The fourth-order valence-electron chi connectivity index (χ4n) is 2.98. The van der Waals surface area contributed by atoms with Crippen molar-refractivity contribution in [3.8, 4) is 10.7 Å². The summed E-state index contributed by atoms with van der Waals surface area (Å²) in [4.78, 5) is 25.9. The maximum atomic E-state index is 13.3. The number of benzene rings is 1. The SMILES string of the molecule is Cn1ccnc1[C@H](NC(=O)Cc1csc(-c2ccccn2)n1)c1ccc(F)cc1. The van der Waals surface area contributed by atoms with E-state index in [0.717, 1.165) is 16.3 Å². The van der Waals surface area contributed by atoms with Crippen molar-refractivity contribution in [2.24, 2.45) is 7.05 Å². The molecule has 6 nitrogen and oxygen atoms in total. The van der Waals surface area contributed by atoms with Crippen LogP contribution in [-0.4, -0.2) is 25.4 Å². The molecule has 0 saturated heterocycles. The standard InChI is InChI=1S/C21H18FN5OS/c1-27-11-10-24-20(27)19(14-5-7-15(22)8-6-14)26-18(28)12-16-13-29-21(25-16)17-4-2-3-9-23-17/h2-11,13,19H,12H2,1H3,(H,26,28)/t19-/m1/s1. The highest BCUT2D eigenvalue weighted by Gasteiger charge is 2.21. The van der Waals surface area contributed by atoms with Crippen LogP contribution in [0.2, 0.25) is 0 Å². The largest absolute Gasteiger partial charge is 0.342 e. The Bertz CT molecular complexity index is 1110. The number of aromatic nitrogens is 4. The smallest absolute Gasteiger partial charge is 0.226 e. The van der Waals surface area contributed by atoms with Crippen molar-refractivity contribution in [1.29, 1.82) is 0 Å². The van der Waals surface area contributed by atoms with Crippen molar-refractivity contribution in [1.82, 2.24) is 24.8 Å². The average Bonchev–Trinajstić information content (AvgIpc) is 3.37. The van der Waals surface area contributed by atoms with E-state index in [1.54, 1.807) is 30.7 Å². The normalized spacial score (nSPS) is 11.9. The molecular formula is C21H18FN5OS. The minimum absolute atomic E-state index is 0.130. The second-order valence-electron chi connectivity index (χ2n) is 6.48. The molecule has 0 radical (unpaired) electrons. The van der Waals surface area contributed by atoms with Gasteiger partial charge in [-0.1, -0.05) is 18.2 Å². The molecule has 3 aromatic heterocycles. The van der Waals surface area contributed by atoms with E-state index >= 15 is 0 Å². The topological polar surface area (TPSA) is 72.7 Å². The molecule has 1 N–H and O–H groups in total. The monoisotopic (exact) mass is 407 g/mol. The summed E-state index contributed by atoms with van der Waals surface area (Å²) in [5, 5.41) is 5.63. The van der Waals surface area contributed by atoms with Crippen molar-refractivity contribution in [3.05, 3.63) is 89.3 Å². The highest BCUT2D eigenvalue weighted by atomic mass is 32.1. The summed E-state index contributed by atoms with van der Waals surface area (Å²) < 4.78 is 15.2. The number of amides is 1. The maximum Gasteiger partial charge on any atom is 0.226 e. The zero-order valence-electron chi connectivity index (χ0n) is 15.6. The van der Waals surface area contributed by atoms with Crippen molar-refractivity contribution in [2.45, 2.75) is 12.5 Å². The first-order chi connectivity index (χ1) is 14.1. The molecule has 0 unspecified atom stereocenters. The van der Waals surface area contributed by atoms with Crippen LogP contribution in [0.3, 0.4) is 0 Å². The Balaban J connectivity index is 1.52. The molecule has 4 aromatic rings. The van der Waals surface area contributed by atoms with Crippen LogP contribution < -0.4 is 5.32 Å². The number of pyridine rings is 1. The van der Waals surface area contributed by atoms with Crippen molar-refractivity contribution < 1.29 is 9.18 Å². The van der Waals surface area contributed by atoms with E-state index in [-0.39, 0.29) is 18.1 Å². The van der Waals surface area contributed by atoms with Crippen molar-refractivity contribution in [2.75, 3.05) is 0 Å². The van der Waals surface area contributed by atoms with E-state index in [2.05, 4.69) is 20.3 Å². The minimum atomic E-state index is -0.489. The van der Waals surface area contributed by atoms with Gasteiger partial charge in [-0.15, -0.1) is 11.3 Å². The number of aryl methyl sites for hydroxylation is 1. The van der Waals surface area contributed by atoms with Crippen LogP contribution in [0.1, 0.15) is 23.1 Å². The van der Waals surface area contributed by atoms with E-state index in [0.29, 0.717) is 11.5 Å². The molecule has 1 atom stereocenters. The third-order valence-electron chi connectivity index (χ3n) is 4.40. The number of imidazole rings is 1. The third kappa shape index (κ3) is 4.38. The summed E-state index contributed by atoms with van der Waals surface area (Å²) >= 11 is 1.45. The highest BCUT2D eigenvalue weighted by Crippen LogP contribution is 2.23. The molecule has 29 heavy (non-hydrogen) atoms. The second kappa shape index (κ2) is 8.32. The summed E-state index contributed by atoms with van der Waals surface area (Å²) in [6.45, 7) is 0. The van der Waals surface area contributed by atoms with Gasteiger partial charge in [0.1, 0.15) is 22.7 Å². The number of hydrogen-bond acceptors (Lipinski definition) is 5. The van der Waals surface area contributed by atoms with Crippen LogP contribution >= 0.6 is 11.3 Å². The summed E-state index contributed by atoms with van der Waals surface area (Å²) in [5.74, 6) is 0.140. The number of carbonyl (C=O) groups is 1. The van der Waals surface area contributed by atoms with Crippen LogP contribution in [-0.2, 0) is 18.3 Å². The van der Waals surface area contributed by atoms with Crippen LogP contribution in [0.4, 0.5) is 4.39 Å². The Morgan fingerprint density at radius 3 is 2.69 bits per heavy atom. The lowest BCUT2D eigenvalue weighted by molar-refractivity contribution is -0.121. The average molecular weight is 407 g/mol. The highest BCUT2D eigenvalue weighted by molar-refractivity contribution is 7.13. The predicted molar refractivity (Wildman–Crippen MR) is 109 cm³/mol. The molecule has 8 heteroatoms. The molecule has 0 bridgehead atoms. The van der Waals surface area contributed by atoms with Gasteiger partial charge in [0.25, 0.3) is 0 Å². The van der Waals surface area contributed by atoms with Crippen LogP contribution in [0, 0.1) is 5.82 Å². The summed E-state index contributed by atoms with van der Waals surface area (Å²) in [6.07, 6.45) is 5.31. The lowest BCUT2D eigenvalue weighted by atomic mass is 10.1. The quantitative estimate of drug-likeness (QED) is 0.531. The third-order valence-corrected chi connectivity index (χ3v) is 5.32. The zero-order valence-corrected chi connectivity index (χ0v) is 16.4. The molecular weight excluding hydrogens is 389 g/mol. The Morgan fingerprint density at radius 1 is 1.17 bits per heavy atom. The van der Waals surface area contributed by atoms with Gasteiger partial charge in [-0.05, 0) is 29.8 Å². The molecule has 1 amide bonds. The molecule has 4 rings (SSSR count). The van der Waals surface area contributed by atoms with Crippen LogP contribution in [0.5, 0.6) is 0 Å². The Kier molecular flexibility index (Phi) is 5.44. The first-order valence-electron chi connectivity index (χ1n) is 8.98. The number of rotatable bonds is 6. The van der Waals surface area contributed by atoms with E-state index in [9.17, 15) is 9.18 Å².